The van der Waals surface area contributed by atoms with Crippen LogP contribution in [0.15, 0.2) is 79.0 Å². The van der Waals surface area contributed by atoms with Crippen molar-refractivity contribution < 1.29 is 9.18 Å². The van der Waals surface area contributed by atoms with Gasteiger partial charge in [-0.3, -0.25) is 4.79 Å². The van der Waals surface area contributed by atoms with Crippen molar-refractivity contribution in [1.29, 1.82) is 0 Å². The summed E-state index contributed by atoms with van der Waals surface area (Å²) in [6.45, 7) is 7.59. The van der Waals surface area contributed by atoms with Gasteiger partial charge >= 0.3 is 0 Å². The van der Waals surface area contributed by atoms with Gasteiger partial charge < -0.3 is 9.88 Å². The summed E-state index contributed by atoms with van der Waals surface area (Å²) in [6, 6.07) is 23.4. The Morgan fingerprint density at radius 3 is 2.48 bits per heavy atom. The van der Waals surface area contributed by atoms with Gasteiger partial charge in [-0.25, -0.2) is 4.39 Å². The Morgan fingerprint density at radius 2 is 1.76 bits per heavy atom. The van der Waals surface area contributed by atoms with Gasteiger partial charge in [0.2, 0.25) is 5.91 Å². The van der Waals surface area contributed by atoms with Crippen LogP contribution in [0.1, 0.15) is 48.4 Å². The van der Waals surface area contributed by atoms with Crippen LogP contribution in [0.25, 0.3) is 10.9 Å². The summed E-state index contributed by atoms with van der Waals surface area (Å²) in [4.78, 5) is 12.9. The van der Waals surface area contributed by atoms with E-state index in [-0.39, 0.29) is 17.6 Å². The highest BCUT2D eigenvalue weighted by molar-refractivity contribution is 5.86. The number of carbonyl (C=O) groups is 1. The van der Waals surface area contributed by atoms with Gasteiger partial charge in [0, 0.05) is 42.5 Å². The van der Waals surface area contributed by atoms with E-state index in [1.165, 1.54) is 17.7 Å². The van der Waals surface area contributed by atoms with E-state index in [1.54, 1.807) is 0 Å². The molecule has 1 amide bonds. The van der Waals surface area contributed by atoms with Crippen molar-refractivity contribution in [3.63, 3.8) is 0 Å². The number of carbonyl (C=O) groups excluding carboxylic acids is 1. The van der Waals surface area contributed by atoms with Crippen LogP contribution in [0.2, 0.25) is 0 Å². The first kappa shape index (κ1) is 22.8. The number of amides is 1. The zero-order valence-corrected chi connectivity index (χ0v) is 19.5. The number of aromatic nitrogens is 1. The highest BCUT2D eigenvalue weighted by Gasteiger charge is 2.23. The van der Waals surface area contributed by atoms with Crippen molar-refractivity contribution >= 4 is 16.8 Å². The van der Waals surface area contributed by atoms with Crippen LogP contribution in [0.4, 0.5) is 4.39 Å². The molecule has 4 aromatic rings. The van der Waals surface area contributed by atoms with E-state index in [0.717, 1.165) is 27.6 Å². The van der Waals surface area contributed by atoms with Crippen molar-refractivity contribution in [2.24, 2.45) is 5.92 Å². The largest absolute Gasteiger partial charge is 0.356 e. The van der Waals surface area contributed by atoms with Crippen molar-refractivity contribution in [1.82, 2.24) is 9.88 Å². The molecule has 0 fully saturated rings. The van der Waals surface area contributed by atoms with Crippen LogP contribution in [0, 0.1) is 18.7 Å². The number of rotatable bonds is 8. The van der Waals surface area contributed by atoms with E-state index < -0.39 is 0 Å². The molecule has 3 aromatic carbocycles. The number of hydrogen-bond donors (Lipinski definition) is 1. The lowest BCUT2D eigenvalue weighted by atomic mass is 9.87. The number of aryl methyl sites for hydroxylation is 1. The SMILES string of the molecule is Cc1cccc([C@H](CC(=O)NCC(C)C)c2cn(Cc3ccc(F)cc3)c3ccccc23)c1. The van der Waals surface area contributed by atoms with E-state index in [0.29, 0.717) is 25.4 Å². The lowest BCUT2D eigenvalue weighted by Gasteiger charge is -2.18. The summed E-state index contributed by atoms with van der Waals surface area (Å²) < 4.78 is 15.6. The molecule has 0 aliphatic heterocycles. The number of hydrogen-bond acceptors (Lipinski definition) is 1. The molecule has 0 aliphatic carbocycles. The molecule has 0 saturated carbocycles. The maximum absolute atomic E-state index is 13.4. The normalized spacial score (nSPS) is 12.3. The first-order chi connectivity index (χ1) is 15.9. The fraction of sp³-hybridized carbons (Fsp3) is 0.276. The zero-order chi connectivity index (χ0) is 23.4. The molecular weight excluding hydrogens is 411 g/mol. The van der Waals surface area contributed by atoms with E-state index in [9.17, 15) is 9.18 Å². The second-order valence-corrected chi connectivity index (χ2v) is 9.22. The molecular formula is C29H31FN2O. The standard InChI is InChI=1S/C29H31FN2O/c1-20(2)17-31-29(33)16-26(23-8-6-7-21(3)15-23)27-19-32(28-10-5-4-9-25(27)28)18-22-11-13-24(30)14-12-22/h4-15,19-20,26H,16-18H2,1-3H3,(H,31,33)/t26-/m0/s1. The number of para-hydroxylation sites is 1. The van der Waals surface area contributed by atoms with Gasteiger partial charge in [0.25, 0.3) is 0 Å². The average Bonchev–Trinajstić information content (AvgIpc) is 3.16. The minimum Gasteiger partial charge on any atom is -0.356 e. The van der Waals surface area contributed by atoms with E-state index >= 15 is 0 Å². The predicted octanol–water partition coefficient (Wildman–Crippen LogP) is 6.43. The van der Waals surface area contributed by atoms with Crippen LogP contribution in [-0.4, -0.2) is 17.0 Å². The monoisotopic (exact) mass is 442 g/mol. The summed E-state index contributed by atoms with van der Waals surface area (Å²) in [5.41, 5.74) is 5.59. The van der Waals surface area contributed by atoms with Crippen LogP contribution in [0.5, 0.6) is 0 Å². The molecule has 1 N–H and O–H groups in total. The van der Waals surface area contributed by atoms with Gasteiger partial charge in [-0.1, -0.05) is 74.0 Å². The van der Waals surface area contributed by atoms with Gasteiger partial charge in [0.1, 0.15) is 5.82 Å². The molecule has 0 radical (unpaired) electrons. The van der Waals surface area contributed by atoms with E-state index in [4.69, 9.17) is 0 Å². The third-order valence-corrected chi connectivity index (χ3v) is 6.00. The van der Waals surface area contributed by atoms with E-state index in [1.807, 2.05) is 24.3 Å². The molecule has 0 saturated heterocycles. The van der Waals surface area contributed by atoms with Gasteiger partial charge in [-0.2, -0.15) is 0 Å². The van der Waals surface area contributed by atoms with Crippen molar-refractivity contribution in [3.05, 3.63) is 107 Å². The molecule has 3 nitrogen and oxygen atoms in total. The highest BCUT2D eigenvalue weighted by atomic mass is 19.1. The molecule has 4 rings (SSSR count). The summed E-state index contributed by atoms with van der Waals surface area (Å²) in [5.74, 6) is 0.176. The van der Waals surface area contributed by atoms with E-state index in [2.05, 4.69) is 73.3 Å². The average molecular weight is 443 g/mol. The first-order valence-electron chi connectivity index (χ1n) is 11.6. The third kappa shape index (κ3) is 5.51. The van der Waals surface area contributed by atoms with Crippen molar-refractivity contribution in [3.8, 4) is 0 Å². The second-order valence-electron chi connectivity index (χ2n) is 9.22. The van der Waals surface area contributed by atoms with Crippen molar-refractivity contribution in [2.75, 3.05) is 6.54 Å². The number of fused-ring (bicyclic) bond motifs is 1. The number of benzene rings is 3. The minimum absolute atomic E-state index is 0.0589. The Balaban J connectivity index is 1.75. The molecule has 0 aliphatic rings. The van der Waals surface area contributed by atoms with Gasteiger partial charge in [0.15, 0.2) is 0 Å². The molecule has 0 bridgehead atoms. The smallest absolute Gasteiger partial charge is 0.220 e. The molecule has 4 heteroatoms. The topological polar surface area (TPSA) is 34.0 Å². The Bertz CT molecular complexity index is 1240. The molecule has 33 heavy (non-hydrogen) atoms. The Labute approximate surface area is 195 Å². The van der Waals surface area contributed by atoms with Gasteiger partial charge in [-0.15, -0.1) is 0 Å². The molecule has 1 heterocycles. The Morgan fingerprint density at radius 1 is 1.00 bits per heavy atom. The molecule has 1 atom stereocenters. The van der Waals surface area contributed by atoms with Crippen LogP contribution in [0.3, 0.4) is 0 Å². The summed E-state index contributed by atoms with van der Waals surface area (Å²) in [5, 5.41) is 4.23. The molecule has 0 unspecified atom stereocenters. The third-order valence-electron chi connectivity index (χ3n) is 6.00. The maximum Gasteiger partial charge on any atom is 0.220 e. The van der Waals surface area contributed by atoms with Crippen LogP contribution < -0.4 is 5.32 Å². The zero-order valence-electron chi connectivity index (χ0n) is 19.5. The van der Waals surface area contributed by atoms with Crippen LogP contribution >= 0.6 is 0 Å². The molecule has 1 aromatic heterocycles. The van der Waals surface area contributed by atoms with Gasteiger partial charge in [-0.05, 0) is 47.7 Å². The quantitative estimate of drug-likeness (QED) is 0.335. The summed E-state index contributed by atoms with van der Waals surface area (Å²) in [7, 11) is 0. The fourth-order valence-corrected chi connectivity index (χ4v) is 4.34. The summed E-state index contributed by atoms with van der Waals surface area (Å²) >= 11 is 0. The highest BCUT2D eigenvalue weighted by Crippen LogP contribution is 2.35. The molecule has 170 valence electrons. The minimum atomic E-state index is -0.233. The summed E-state index contributed by atoms with van der Waals surface area (Å²) in [6.07, 6.45) is 2.55. The lowest BCUT2D eigenvalue weighted by Crippen LogP contribution is -2.28. The number of halogens is 1. The van der Waals surface area contributed by atoms with Crippen LogP contribution in [-0.2, 0) is 11.3 Å². The number of nitrogens with zero attached hydrogens (tertiary/aromatic N) is 1. The predicted molar refractivity (Wildman–Crippen MR) is 133 cm³/mol. The molecule has 0 spiro atoms. The lowest BCUT2D eigenvalue weighted by molar-refractivity contribution is -0.121. The van der Waals surface area contributed by atoms with Gasteiger partial charge in [0.05, 0.1) is 0 Å². The number of nitrogens with one attached hydrogen (secondary N) is 1. The Kier molecular flexibility index (Phi) is 6.93. The maximum atomic E-state index is 13.4. The fourth-order valence-electron chi connectivity index (χ4n) is 4.34. The second kappa shape index (κ2) is 10.0. The first-order valence-corrected chi connectivity index (χ1v) is 11.6. The Hall–Kier alpha value is -3.40. The van der Waals surface area contributed by atoms with Crippen molar-refractivity contribution in [2.45, 2.75) is 39.7 Å².